The van der Waals surface area contributed by atoms with Gasteiger partial charge in [-0.25, -0.2) is 0 Å². The highest BCUT2D eigenvalue weighted by atomic mass is 16.6. The fourth-order valence-electron chi connectivity index (χ4n) is 2.83. The Morgan fingerprint density at radius 3 is 2.67 bits per heavy atom. The Morgan fingerprint density at radius 2 is 2.00 bits per heavy atom. The fraction of sp³-hybridized carbons (Fsp3) is 0.235. The first-order valence-electron chi connectivity index (χ1n) is 7.56. The number of benzene rings is 2. The lowest BCUT2D eigenvalue weighted by atomic mass is 10.1. The lowest BCUT2D eigenvalue weighted by molar-refractivity contribution is -0.384. The molecule has 0 unspecified atom stereocenters. The molecule has 1 heterocycles. The Balaban J connectivity index is 1.90. The molecule has 2 N–H and O–H groups in total. The molecule has 1 aliphatic heterocycles. The van der Waals surface area contributed by atoms with Crippen LogP contribution in [-0.2, 0) is 4.74 Å². The van der Waals surface area contributed by atoms with E-state index in [9.17, 15) is 14.9 Å². The predicted octanol–water partition coefficient (Wildman–Crippen LogP) is 2.27. The zero-order valence-corrected chi connectivity index (χ0v) is 12.9. The highest BCUT2D eigenvalue weighted by Crippen LogP contribution is 2.33. The monoisotopic (exact) mass is 327 g/mol. The number of hydrogen-bond acceptors (Lipinski definition) is 5. The Bertz CT molecular complexity index is 764. The van der Waals surface area contributed by atoms with Gasteiger partial charge in [-0.05, 0) is 17.7 Å². The van der Waals surface area contributed by atoms with Gasteiger partial charge < -0.3 is 15.4 Å². The zero-order valence-electron chi connectivity index (χ0n) is 12.9. The third kappa shape index (κ3) is 3.21. The maximum absolute atomic E-state index is 11.4. The maximum atomic E-state index is 11.4. The first kappa shape index (κ1) is 15.9. The Hall–Kier alpha value is -2.93. The molecule has 3 rings (SSSR count). The first-order chi connectivity index (χ1) is 11.6. The van der Waals surface area contributed by atoms with Crippen LogP contribution in [0.15, 0.2) is 48.5 Å². The van der Waals surface area contributed by atoms with Crippen LogP contribution >= 0.6 is 0 Å². The molecule has 1 saturated heterocycles. The van der Waals surface area contributed by atoms with E-state index in [1.165, 1.54) is 12.1 Å². The van der Waals surface area contributed by atoms with Crippen molar-refractivity contribution in [3.63, 3.8) is 0 Å². The number of morpholine rings is 1. The lowest BCUT2D eigenvalue weighted by Gasteiger charge is -2.34. The van der Waals surface area contributed by atoms with E-state index in [0.29, 0.717) is 25.4 Å². The van der Waals surface area contributed by atoms with Gasteiger partial charge >= 0.3 is 0 Å². The number of carbonyl (C=O) groups excluding carboxylic acids is 1. The van der Waals surface area contributed by atoms with Crippen molar-refractivity contribution < 1.29 is 14.5 Å². The van der Waals surface area contributed by atoms with Crippen molar-refractivity contribution in [2.45, 2.75) is 6.10 Å². The quantitative estimate of drug-likeness (QED) is 0.686. The van der Waals surface area contributed by atoms with Gasteiger partial charge in [0, 0.05) is 24.7 Å². The molecule has 1 fully saturated rings. The fourth-order valence-corrected chi connectivity index (χ4v) is 2.83. The molecule has 0 spiro atoms. The van der Waals surface area contributed by atoms with Crippen LogP contribution in [0.3, 0.4) is 0 Å². The molecule has 0 aromatic heterocycles. The third-order valence-electron chi connectivity index (χ3n) is 4.04. The lowest BCUT2D eigenvalue weighted by Crippen LogP contribution is -2.38. The number of carbonyl (C=O) groups is 1. The maximum Gasteiger partial charge on any atom is 0.293 e. The van der Waals surface area contributed by atoms with Crippen molar-refractivity contribution in [1.29, 1.82) is 0 Å². The van der Waals surface area contributed by atoms with Gasteiger partial charge in [-0.3, -0.25) is 14.9 Å². The zero-order chi connectivity index (χ0) is 17.1. The van der Waals surface area contributed by atoms with E-state index in [2.05, 4.69) is 0 Å². The SMILES string of the molecule is NC(=O)c1ccc(N2CCO[C@H](c3ccccc3)C2)c([N+](=O)[O-])c1. The summed E-state index contributed by atoms with van der Waals surface area (Å²) in [5.74, 6) is -0.686. The number of hydrogen-bond donors (Lipinski definition) is 1. The first-order valence-corrected chi connectivity index (χ1v) is 7.56. The van der Waals surface area contributed by atoms with Gasteiger partial charge in [-0.1, -0.05) is 30.3 Å². The Kier molecular flexibility index (Phi) is 4.43. The average molecular weight is 327 g/mol. The summed E-state index contributed by atoms with van der Waals surface area (Å²) in [6.07, 6.45) is -0.157. The molecule has 2 aromatic carbocycles. The van der Waals surface area contributed by atoms with Crippen LogP contribution in [0.2, 0.25) is 0 Å². The van der Waals surface area contributed by atoms with E-state index in [1.807, 2.05) is 35.2 Å². The second kappa shape index (κ2) is 6.67. The number of amides is 1. The number of nitro groups is 1. The van der Waals surface area contributed by atoms with Crippen molar-refractivity contribution in [3.05, 3.63) is 69.8 Å². The van der Waals surface area contributed by atoms with Crippen LogP contribution in [0.5, 0.6) is 0 Å². The summed E-state index contributed by atoms with van der Waals surface area (Å²) >= 11 is 0. The summed E-state index contributed by atoms with van der Waals surface area (Å²) in [4.78, 5) is 24.1. The Morgan fingerprint density at radius 1 is 1.25 bits per heavy atom. The number of anilines is 1. The van der Waals surface area contributed by atoms with Gasteiger partial charge in [0.25, 0.3) is 5.69 Å². The molecular formula is C17H17N3O4. The van der Waals surface area contributed by atoms with Gasteiger partial charge in [0.15, 0.2) is 0 Å². The van der Waals surface area contributed by atoms with Crippen LogP contribution in [0.25, 0.3) is 0 Å². The molecule has 24 heavy (non-hydrogen) atoms. The molecule has 1 atom stereocenters. The number of nitrogens with zero attached hydrogens (tertiary/aromatic N) is 2. The molecule has 1 amide bonds. The minimum Gasteiger partial charge on any atom is -0.370 e. The van der Waals surface area contributed by atoms with Crippen LogP contribution < -0.4 is 10.6 Å². The van der Waals surface area contributed by atoms with Crippen LogP contribution in [0.1, 0.15) is 22.0 Å². The predicted molar refractivity (Wildman–Crippen MR) is 89.0 cm³/mol. The molecular weight excluding hydrogens is 310 g/mol. The number of ether oxygens (including phenoxy) is 1. The van der Waals surface area contributed by atoms with E-state index in [-0.39, 0.29) is 17.4 Å². The van der Waals surface area contributed by atoms with Gasteiger partial charge in [0.05, 0.1) is 11.5 Å². The second-order valence-corrected chi connectivity index (χ2v) is 5.54. The van der Waals surface area contributed by atoms with E-state index >= 15 is 0 Å². The summed E-state index contributed by atoms with van der Waals surface area (Å²) in [5.41, 5.74) is 6.71. The summed E-state index contributed by atoms with van der Waals surface area (Å²) in [6.45, 7) is 1.51. The summed E-state index contributed by atoms with van der Waals surface area (Å²) < 4.78 is 5.79. The summed E-state index contributed by atoms with van der Waals surface area (Å²) in [7, 11) is 0. The molecule has 7 heteroatoms. The van der Waals surface area contributed by atoms with E-state index in [0.717, 1.165) is 5.56 Å². The third-order valence-corrected chi connectivity index (χ3v) is 4.04. The highest BCUT2D eigenvalue weighted by Gasteiger charge is 2.27. The number of primary amides is 1. The summed E-state index contributed by atoms with van der Waals surface area (Å²) in [5, 5.41) is 11.4. The standard InChI is InChI=1S/C17H17N3O4/c18-17(21)13-6-7-14(15(10-13)20(22)23)19-8-9-24-16(11-19)12-4-2-1-3-5-12/h1-7,10,16H,8-9,11H2,(H2,18,21)/t16-/m0/s1. The molecule has 0 aliphatic carbocycles. The smallest absolute Gasteiger partial charge is 0.293 e. The van der Waals surface area contributed by atoms with Gasteiger partial charge in [0.1, 0.15) is 11.8 Å². The average Bonchev–Trinajstić information content (AvgIpc) is 2.62. The minimum absolute atomic E-state index is 0.123. The normalized spacial score (nSPS) is 17.5. The van der Waals surface area contributed by atoms with Crippen molar-refractivity contribution >= 4 is 17.3 Å². The molecule has 2 aromatic rings. The van der Waals surface area contributed by atoms with E-state index in [1.54, 1.807) is 6.07 Å². The van der Waals surface area contributed by atoms with E-state index < -0.39 is 10.8 Å². The number of rotatable bonds is 4. The molecule has 0 saturated carbocycles. The second-order valence-electron chi connectivity index (χ2n) is 5.54. The molecule has 0 radical (unpaired) electrons. The van der Waals surface area contributed by atoms with Crippen LogP contribution in [0, 0.1) is 10.1 Å². The van der Waals surface area contributed by atoms with Gasteiger partial charge in [0.2, 0.25) is 5.91 Å². The van der Waals surface area contributed by atoms with Crippen LogP contribution in [0.4, 0.5) is 11.4 Å². The topological polar surface area (TPSA) is 98.7 Å². The number of nitro benzene ring substituents is 1. The minimum atomic E-state index is -0.686. The van der Waals surface area contributed by atoms with Crippen LogP contribution in [-0.4, -0.2) is 30.5 Å². The molecule has 0 bridgehead atoms. The van der Waals surface area contributed by atoms with Crippen molar-refractivity contribution in [3.8, 4) is 0 Å². The van der Waals surface area contributed by atoms with Crippen molar-refractivity contribution in [2.24, 2.45) is 5.73 Å². The molecule has 124 valence electrons. The van der Waals surface area contributed by atoms with Crippen molar-refractivity contribution in [2.75, 3.05) is 24.6 Å². The van der Waals surface area contributed by atoms with Crippen molar-refractivity contribution in [1.82, 2.24) is 0 Å². The largest absolute Gasteiger partial charge is 0.370 e. The number of nitrogens with two attached hydrogens (primary N) is 1. The molecule has 7 nitrogen and oxygen atoms in total. The van der Waals surface area contributed by atoms with Gasteiger partial charge in [-0.15, -0.1) is 0 Å². The summed E-state index contributed by atoms with van der Waals surface area (Å²) in [6, 6.07) is 14.0. The van der Waals surface area contributed by atoms with E-state index in [4.69, 9.17) is 10.5 Å². The van der Waals surface area contributed by atoms with Gasteiger partial charge in [-0.2, -0.15) is 0 Å². The molecule has 1 aliphatic rings. The Labute approximate surface area is 138 Å². The highest BCUT2D eigenvalue weighted by molar-refractivity contribution is 5.94.